The van der Waals surface area contributed by atoms with Crippen molar-refractivity contribution in [1.29, 1.82) is 0 Å². The third kappa shape index (κ3) is 5.06. The molecule has 0 aliphatic rings. The lowest BCUT2D eigenvalue weighted by atomic mass is 10.1. The molecule has 9 nitrogen and oxygen atoms in total. The Bertz CT molecular complexity index is 1320. The molecule has 180 valence electrons. The highest BCUT2D eigenvalue weighted by Crippen LogP contribution is 2.43. The van der Waals surface area contributed by atoms with Gasteiger partial charge in [-0.15, -0.1) is 0 Å². The first-order valence-electron chi connectivity index (χ1n) is 9.94. The molecule has 2 aromatic heterocycles. The first-order valence-corrected chi connectivity index (χ1v) is 11.5. The number of hydrogen-bond acceptors (Lipinski definition) is 7. The quantitative estimate of drug-likeness (QED) is 0.386. The van der Waals surface area contributed by atoms with Gasteiger partial charge in [-0.3, -0.25) is 8.89 Å². The molecule has 4 N–H and O–H groups in total. The Morgan fingerprint density at radius 3 is 2.56 bits per heavy atom. The van der Waals surface area contributed by atoms with Crippen molar-refractivity contribution in [3.05, 3.63) is 54.0 Å². The van der Waals surface area contributed by atoms with Gasteiger partial charge < -0.3 is 21.1 Å². The summed E-state index contributed by atoms with van der Waals surface area (Å²) in [5.74, 6) is -1.70. The maximum atomic E-state index is 15.9. The van der Waals surface area contributed by atoms with Crippen LogP contribution in [0.15, 0.2) is 52.3 Å². The van der Waals surface area contributed by atoms with Gasteiger partial charge >= 0.3 is 0 Å². The number of nitrogens with two attached hydrogens (primary N) is 2. The molecule has 0 aliphatic heterocycles. The lowest BCUT2D eigenvalue weighted by molar-refractivity contribution is 0.413. The van der Waals surface area contributed by atoms with Crippen LogP contribution in [-0.4, -0.2) is 45.2 Å². The van der Waals surface area contributed by atoms with Crippen LogP contribution in [0.4, 0.5) is 26.1 Å². The third-order valence-corrected chi connectivity index (χ3v) is 5.71. The van der Waals surface area contributed by atoms with Gasteiger partial charge in [-0.25, -0.2) is 18.8 Å². The van der Waals surface area contributed by atoms with Crippen molar-refractivity contribution in [2.75, 3.05) is 25.3 Å². The van der Waals surface area contributed by atoms with Gasteiger partial charge in [0.1, 0.15) is 11.7 Å². The Balaban J connectivity index is 2.29. The minimum Gasteiger partial charge on any atom is -0.492 e. The summed E-state index contributed by atoms with van der Waals surface area (Å²) in [5.41, 5.74) is 12.5. The van der Waals surface area contributed by atoms with E-state index in [2.05, 4.69) is 15.1 Å². The second kappa shape index (κ2) is 10.00. The van der Waals surface area contributed by atoms with E-state index in [-0.39, 0.29) is 34.5 Å². The smallest absolute Gasteiger partial charge is 0.199 e. The van der Waals surface area contributed by atoms with Crippen LogP contribution in [0.5, 0.6) is 5.75 Å². The normalized spacial score (nSPS) is 13.1. The molecule has 12 heteroatoms. The Kier molecular flexibility index (Phi) is 7.30. The van der Waals surface area contributed by atoms with Crippen LogP contribution in [0.1, 0.15) is 6.92 Å². The minimum absolute atomic E-state index is 0.0171. The number of ether oxygens (including phenoxy) is 1. The standard InChI is InChI=1S/C22H25F2N7O2S/c1-12(25)8-17(26)28-21-20(33-4)18(13-10-27-30(2)11-13)19(24)22(29-21)31(3)16-7-6-14(34(5)32)9-15(16)23/h6-11H,25H2,1-5H3,(H2,26,28,29)/b12-8-. The van der Waals surface area contributed by atoms with Crippen LogP contribution >= 0.6 is 0 Å². The van der Waals surface area contributed by atoms with E-state index in [0.29, 0.717) is 16.2 Å². The number of rotatable bonds is 7. The van der Waals surface area contributed by atoms with Gasteiger partial charge in [0.15, 0.2) is 23.2 Å². The molecule has 0 bridgehead atoms. The van der Waals surface area contributed by atoms with Crippen LogP contribution in [-0.2, 0) is 17.8 Å². The molecule has 3 aromatic rings. The van der Waals surface area contributed by atoms with Gasteiger partial charge in [-0.2, -0.15) is 5.10 Å². The van der Waals surface area contributed by atoms with Crippen LogP contribution in [0.2, 0.25) is 0 Å². The van der Waals surface area contributed by atoms with Crippen molar-refractivity contribution >= 4 is 34.0 Å². The zero-order valence-electron chi connectivity index (χ0n) is 19.3. The molecule has 1 unspecified atom stereocenters. The van der Waals surface area contributed by atoms with Gasteiger partial charge in [0.25, 0.3) is 0 Å². The lowest BCUT2D eigenvalue weighted by Crippen LogP contribution is -2.16. The number of anilines is 2. The number of hydrogen-bond donors (Lipinski definition) is 2. The van der Waals surface area contributed by atoms with Gasteiger partial charge in [-0.1, -0.05) is 0 Å². The van der Waals surface area contributed by atoms with Gasteiger partial charge in [0.2, 0.25) is 0 Å². The van der Waals surface area contributed by atoms with E-state index >= 15 is 4.39 Å². The maximum absolute atomic E-state index is 15.9. The van der Waals surface area contributed by atoms with E-state index in [0.717, 1.165) is 6.07 Å². The molecule has 0 saturated heterocycles. The van der Waals surface area contributed by atoms with Gasteiger partial charge in [0.05, 0.1) is 24.6 Å². The number of halogens is 2. The van der Waals surface area contributed by atoms with Crippen molar-refractivity contribution in [3.63, 3.8) is 0 Å². The average Bonchev–Trinajstić information content (AvgIpc) is 3.18. The van der Waals surface area contributed by atoms with E-state index in [4.69, 9.17) is 16.2 Å². The van der Waals surface area contributed by atoms with Crippen LogP contribution in [0, 0.1) is 11.6 Å². The Labute approximate surface area is 198 Å². The predicted octanol–water partition coefficient (Wildman–Crippen LogP) is 3.13. The molecule has 0 aliphatic carbocycles. The number of aromatic nitrogens is 3. The number of methoxy groups -OCH3 is 1. The molecule has 34 heavy (non-hydrogen) atoms. The van der Waals surface area contributed by atoms with Gasteiger partial charge in [0, 0.05) is 53.5 Å². The summed E-state index contributed by atoms with van der Waals surface area (Å²) in [6.07, 6.45) is 5.91. The summed E-state index contributed by atoms with van der Waals surface area (Å²) in [6, 6.07) is 4.04. The topological polar surface area (TPSA) is 125 Å². The summed E-state index contributed by atoms with van der Waals surface area (Å²) in [6.45, 7) is 1.63. The maximum Gasteiger partial charge on any atom is 0.199 e. The van der Waals surface area contributed by atoms with Crippen molar-refractivity contribution < 1.29 is 17.7 Å². The molecule has 0 amide bonds. The number of aliphatic imine (C=N–C) groups is 1. The summed E-state index contributed by atoms with van der Waals surface area (Å²) in [5, 5.41) is 4.10. The largest absolute Gasteiger partial charge is 0.492 e. The summed E-state index contributed by atoms with van der Waals surface area (Å²) < 4.78 is 49.4. The molecule has 1 aromatic carbocycles. The molecule has 3 rings (SSSR count). The first-order chi connectivity index (χ1) is 16.0. The van der Waals surface area contributed by atoms with Crippen molar-refractivity contribution in [2.24, 2.45) is 23.5 Å². The number of pyridine rings is 1. The zero-order valence-corrected chi connectivity index (χ0v) is 20.2. The van der Waals surface area contributed by atoms with Crippen LogP contribution < -0.4 is 21.1 Å². The van der Waals surface area contributed by atoms with E-state index in [9.17, 15) is 8.60 Å². The van der Waals surface area contributed by atoms with E-state index in [1.165, 1.54) is 54.4 Å². The van der Waals surface area contributed by atoms with E-state index in [1.807, 2.05) is 0 Å². The Hall–Kier alpha value is -3.80. The lowest BCUT2D eigenvalue weighted by Gasteiger charge is -2.22. The fraction of sp³-hybridized carbons (Fsp3) is 0.227. The summed E-state index contributed by atoms with van der Waals surface area (Å²) >= 11 is 0. The second-order valence-electron chi connectivity index (χ2n) is 7.44. The van der Waals surface area contributed by atoms with E-state index < -0.39 is 22.4 Å². The number of nitrogens with zero attached hydrogens (tertiary/aromatic N) is 5. The highest BCUT2D eigenvalue weighted by atomic mass is 32.2. The number of aryl methyl sites for hydroxylation is 1. The highest BCUT2D eigenvalue weighted by Gasteiger charge is 2.26. The van der Waals surface area contributed by atoms with Crippen molar-refractivity contribution in [3.8, 4) is 16.9 Å². The molecule has 0 spiro atoms. The number of amidine groups is 1. The molecular weight excluding hydrogens is 464 g/mol. The fourth-order valence-electron chi connectivity index (χ4n) is 3.26. The van der Waals surface area contributed by atoms with Crippen molar-refractivity contribution in [2.45, 2.75) is 11.8 Å². The second-order valence-corrected chi connectivity index (χ2v) is 8.81. The SMILES string of the molecule is COc1c(N=C(N)/C=C(/C)N)nc(N(C)c2ccc(S(C)=O)cc2F)c(F)c1-c1cnn(C)c1. The molecular formula is C22H25F2N7O2S. The van der Waals surface area contributed by atoms with Crippen LogP contribution in [0.25, 0.3) is 11.1 Å². The van der Waals surface area contributed by atoms with Gasteiger partial charge in [-0.05, 0) is 31.2 Å². The molecule has 1 atom stereocenters. The molecule has 0 saturated carbocycles. The average molecular weight is 490 g/mol. The van der Waals surface area contributed by atoms with Crippen molar-refractivity contribution in [1.82, 2.24) is 14.8 Å². The highest BCUT2D eigenvalue weighted by molar-refractivity contribution is 7.84. The monoisotopic (exact) mass is 489 g/mol. The fourth-order valence-corrected chi connectivity index (χ4v) is 3.79. The van der Waals surface area contributed by atoms with Crippen LogP contribution in [0.3, 0.4) is 0 Å². The minimum atomic E-state index is -1.38. The number of benzene rings is 1. The summed E-state index contributed by atoms with van der Waals surface area (Å²) in [7, 11) is 3.11. The predicted molar refractivity (Wildman–Crippen MR) is 129 cm³/mol. The third-order valence-electron chi connectivity index (χ3n) is 4.80. The van der Waals surface area contributed by atoms with E-state index in [1.54, 1.807) is 20.2 Å². The summed E-state index contributed by atoms with van der Waals surface area (Å²) in [4.78, 5) is 10.1. The Morgan fingerprint density at radius 2 is 2.03 bits per heavy atom. The molecule has 2 heterocycles. The zero-order chi connectivity index (χ0) is 25.2. The molecule has 0 fully saturated rings. The first kappa shape index (κ1) is 24.8. The molecule has 0 radical (unpaired) electrons. The Morgan fingerprint density at radius 1 is 1.32 bits per heavy atom. The number of allylic oxidation sites excluding steroid dienone is 1.